The topological polar surface area (TPSA) is 61.5 Å². The molecule has 20 heavy (non-hydrogen) atoms. The minimum absolute atomic E-state index is 0.352. The average molecular weight is 279 g/mol. The molecular weight excluding hydrogens is 254 g/mol. The van der Waals surface area contributed by atoms with Gasteiger partial charge in [0, 0.05) is 0 Å². The Hall–Kier alpha value is -1.55. The van der Waals surface area contributed by atoms with E-state index in [9.17, 15) is 4.79 Å². The van der Waals surface area contributed by atoms with Crippen LogP contribution in [0, 0.1) is 13.8 Å². The van der Waals surface area contributed by atoms with Crippen LogP contribution in [-0.2, 0) is 9.53 Å². The van der Waals surface area contributed by atoms with E-state index in [4.69, 9.17) is 15.2 Å². The Kier molecular flexibility index (Phi) is 6.02. The third-order valence-corrected chi connectivity index (χ3v) is 3.33. The lowest BCUT2D eigenvalue weighted by atomic mass is 9.98. The van der Waals surface area contributed by atoms with E-state index in [1.807, 2.05) is 18.2 Å². The molecule has 0 aliphatic rings. The molecule has 1 rings (SSSR count). The lowest BCUT2D eigenvalue weighted by molar-refractivity contribution is -0.149. The summed E-state index contributed by atoms with van der Waals surface area (Å²) in [5, 5.41) is 0. The van der Waals surface area contributed by atoms with Gasteiger partial charge in [-0.25, -0.2) is 0 Å². The van der Waals surface area contributed by atoms with Gasteiger partial charge in [0.2, 0.25) is 0 Å². The smallest absolute Gasteiger partial charge is 0.325 e. The van der Waals surface area contributed by atoms with Crippen molar-refractivity contribution < 1.29 is 14.3 Å². The molecule has 0 fully saturated rings. The van der Waals surface area contributed by atoms with Crippen molar-refractivity contribution in [3.8, 4) is 5.75 Å². The molecule has 4 heteroatoms. The molecule has 0 spiro atoms. The van der Waals surface area contributed by atoms with E-state index >= 15 is 0 Å². The highest BCUT2D eigenvalue weighted by Crippen LogP contribution is 2.17. The number of esters is 1. The van der Waals surface area contributed by atoms with Crippen LogP contribution in [0.25, 0.3) is 0 Å². The van der Waals surface area contributed by atoms with Crippen molar-refractivity contribution in [2.75, 3.05) is 13.2 Å². The van der Waals surface area contributed by atoms with Gasteiger partial charge in [-0.2, -0.15) is 0 Å². The van der Waals surface area contributed by atoms with Crippen molar-refractivity contribution in [3.05, 3.63) is 29.3 Å². The second-order valence-corrected chi connectivity index (χ2v) is 5.34. The number of ether oxygens (including phenoxy) is 2. The fourth-order valence-corrected chi connectivity index (χ4v) is 1.83. The lowest BCUT2D eigenvalue weighted by Crippen LogP contribution is -2.46. The zero-order valence-electron chi connectivity index (χ0n) is 12.9. The summed E-state index contributed by atoms with van der Waals surface area (Å²) in [7, 11) is 0. The Morgan fingerprint density at radius 1 is 1.30 bits per heavy atom. The Morgan fingerprint density at radius 3 is 2.60 bits per heavy atom. The summed E-state index contributed by atoms with van der Waals surface area (Å²) in [6, 6.07) is 6.01. The molecule has 112 valence electrons. The number of benzene rings is 1. The van der Waals surface area contributed by atoms with Crippen LogP contribution in [0.4, 0.5) is 0 Å². The SMILES string of the molecule is CCOC(=O)C(C)(N)CCCOc1ccc(C)c(C)c1. The molecule has 0 bridgehead atoms. The summed E-state index contributed by atoms with van der Waals surface area (Å²) < 4.78 is 10.6. The fourth-order valence-electron chi connectivity index (χ4n) is 1.83. The molecule has 0 heterocycles. The normalized spacial score (nSPS) is 13.7. The van der Waals surface area contributed by atoms with Crippen LogP contribution in [0.5, 0.6) is 5.75 Å². The highest BCUT2D eigenvalue weighted by Gasteiger charge is 2.29. The van der Waals surface area contributed by atoms with E-state index in [1.165, 1.54) is 11.1 Å². The van der Waals surface area contributed by atoms with Crippen molar-refractivity contribution in [3.63, 3.8) is 0 Å². The monoisotopic (exact) mass is 279 g/mol. The molecule has 0 radical (unpaired) electrons. The highest BCUT2D eigenvalue weighted by molar-refractivity contribution is 5.79. The number of carbonyl (C=O) groups excluding carboxylic acids is 1. The Labute approximate surface area is 121 Å². The Balaban J connectivity index is 2.37. The molecule has 0 saturated carbocycles. The van der Waals surface area contributed by atoms with E-state index in [0.29, 0.717) is 26.1 Å². The first-order chi connectivity index (χ1) is 9.36. The van der Waals surface area contributed by atoms with Crippen molar-refractivity contribution in [1.29, 1.82) is 0 Å². The number of nitrogens with two attached hydrogens (primary N) is 1. The molecule has 1 aromatic rings. The summed E-state index contributed by atoms with van der Waals surface area (Å²) in [4.78, 5) is 11.6. The van der Waals surface area contributed by atoms with Gasteiger partial charge in [-0.05, 0) is 63.8 Å². The minimum Gasteiger partial charge on any atom is -0.494 e. The fraction of sp³-hybridized carbons (Fsp3) is 0.562. The summed E-state index contributed by atoms with van der Waals surface area (Å²) in [6.45, 7) is 8.48. The summed E-state index contributed by atoms with van der Waals surface area (Å²) >= 11 is 0. The standard InChI is InChI=1S/C16H25NO3/c1-5-19-15(18)16(4,17)9-6-10-20-14-8-7-12(2)13(3)11-14/h7-8,11H,5-6,9-10,17H2,1-4H3. The first-order valence-corrected chi connectivity index (χ1v) is 7.03. The molecule has 2 N–H and O–H groups in total. The number of hydrogen-bond acceptors (Lipinski definition) is 4. The van der Waals surface area contributed by atoms with Crippen LogP contribution in [0.3, 0.4) is 0 Å². The predicted molar refractivity (Wildman–Crippen MR) is 79.9 cm³/mol. The maximum atomic E-state index is 11.6. The van der Waals surface area contributed by atoms with Gasteiger partial charge in [0.05, 0.1) is 13.2 Å². The van der Waals surface area contributed by atoms with E-state index < -0.39 is 5.54 Å². The van der Waals surface area contributed by atoms with Crippen LogP contribution >= 0.6 is 0 Å². The maximum absolute atomic E-state index is 11.6. The van der Waals surface area contributed by atoms with Gasteiger partial charge in [-0.1, -0.05) is 6.07 Å². The molecular formula is C16H25NO3. The quantitative estimate of drug-likeness (QED) is 0.616. The van der Waals surface area contributed by atoms with Crippen molar-refractivity contribution >= 4 is 5.97 Å². The zero-order valence-corrected chi connectivity index (χ0v) is 12.9. The van der Waals surface area contributed by atoms with Crippen molar-refractivity contribution in [2.45, 2.75) is 46.1 Å². The molecule has 0 amide bonds. The summed E-state index contributed by atoms with van der Waals surface area (Å²) in [5.41, 5.74) is 7.45. The van der Waals surface area contributed by atoms with E-state index in [1.54, 1.807) is 13.8 Å². The van der Waals surface area contributed by atoms with Gasteiger partial charge in [-0.3, -0.25) is 4.79 Å². The second-order valence-electron chi connectivity index (χ2n) is 5.34. The second kappa shape index (κ2) is 7.29. The van der Waals surface area contributed by atoms with E-state index in [-0.39, 0.29) is 5.97 Å². The molecule has 1 unspecified atom stereocenters. The van der Waals surface area contributed by atoms with Crippen LogP contribution in [0.2, 0.25) is 0 Å². The third-order valence-electron chi connectivity index (χ3n) is 3.33. The van der Waals surface area contributed by atoms with E-state index in [0.717, 1.165) is 5.75 Å². The van der Waals surface area contributed by atoms with Crippen LogP contribution < -0.4 is 10.5 Å². The van der Waals surface area contributed by atoms with Crippen LogP contribution in [0.1, 0.15) is 37.8 Å². The summed E-state index contributed by atoms with van der Waals surface area (Å²) in [6.07, 6.45) is 1.25. The molecule has 0 aliphatic heterocycles. The minimum atomic E-state index is -0.942. The van der Waals surface area contributed by atoms with Crippen LogP contribution in [-0.4, -0.2) is 24.7 Å². The molecule has 0 aromatic heterocycles. The molecule has 1 atom stereocenters. The highest BCUT2D eigenvalue weighted by atomic mass is 16.5. The maximum Gasteiger partial charge on any atom is 0.325 e. The lowest BCUT2D eigenvalue weighted by Gasteiger charge is -2.22. The van der Waals surface area contributed by atoms with Gasteiger partial charge >= 0.3 is 5.97 Å². The number of carbonyl (C=O) groups is 1. The number of aryl methyl sites for hydroxylation is 2. The molecule has 4 nitrogen and oxygen atoms in total. The molecule has 1 aromatic carbocycles. The van der Waals surface area contributed by atoms with Crippen molar-refractivity contribution in [1.82, 2.24) is 0 Å². The van der Waals surface area contributed by atoms with Crippen LogP contribution in [0.15, 0.2) is 18.2 Å². The van der Waals surface area contributed by atoms with Gasteiger partial charge in [0.15, 0.2) is 0 Å². The average Bonchev–Trinajstić information content (AvgIpc) is 2.39. The summed E-state index contributed by atoms with van der Waals surface area (Å²) in [5.74, 6) is 0.495. The first-order valence-electron chi connectivity index (χ1n) is 7.03. The largest absolute Gasteiger partial charge is 0.494 e. The van der Waals surface area contributed by atoms with Gasteiger partial charge < -0.3 is 15.2 Å². The predicted octanol–water partition coefficient (Wildman–Crippen LogP) is 2.74. The van der Waals surface area contributed by atoms with Gasteiger partial charge in [0.25, 0.3) is 0 Å². The molecule has 0 saturated heterocycles. The Morgan fingerprint density at radius 2 is 2.00 bits per heavy atom. The number of hydrogen-bond donors (Lipinski definition) is 1. The van der Waals surface area contributed by atoms with Gasteiger partial charge in [0.1, 0.15) is 11.3 Å². The van der Waals surface area contributed by atoms with Gasteiger partial charge in [-0.15, -0.1) is 0 Å². The number of rotatable bonds is 7. The van der Waals surface area contributed by atoms with Crippen molar-refractivity contribution in [2.24, 2.45) is 5.73 Å². The zero-order chi connectivity index (χ0) is 15.2. The first kappa shape index (κ1) is 16.5. The Bertz CT molecular complexity index is 455. The molecule has 0 aliphatic carbocycles. The van der Waals surface area contributed by atoms with E-state index in [2.05, 4.69) is 13.8 Å². The third kappa shape index (κ3) is 4.85.